The van der Waals surface area contributed by atoms with Crippen LogP contribution in [0.25, 0.3) is 11.0 Å². The molecule has 8 heteroatoms. The first-order chi connectivity index (χ1) is 10.6. The summed E-state index contributed by atoms with van der Waals surface area (Å²) < 4.78 is 32.1. The number of nitrogens with zero attached hydrogens (tertiary/aromatic N) is 2. The van der Waals surface area contributed by atoms with Crippen LogP contribution >= 0.6 is 0 Å². The molecule has 0 radical (unpaired) electrons. The molecule has 7 nitrogen and oxygen atoms in total. The molecular weight excluding hydrogens is 304 g/mol. The van der Waals surface area contributed by atoms with Crippen molar-refractivity contribution in [3.05, 3.63) is 18.2 Å². The summed E-state index contributed by atoms with van der Waals surface area (Å²) in [5.74, 6) is 0.790. The van der Waals surface area contributed by atoms with Gasteiger partial charge in [-0.25, -0.2) is 17.8 Å². The van der Waals surface area contributed by atoms with Crippen molar-refractivity contribution >= 4 is 21.1 Å². The van der Waals surface area contributed by atoms with Crippen molar-refractivity contribution in [2.24, 2.45) is 5.92 Å². The first-order valence-electron chi connectivity index (χ1n) is 7.61. The molecule has 2 N–H and O–H groups in total. The smallest absolute Gasteiger partial charge is 0.243 e. The lowest BCUT2D eigenvalue weighted by Crippen LogP contribution is -3.13. The van der Waals surface area contributed by atoms with E-state index in [0.29, 0.717) is 12.1 Å². The number of sulfonamides is 1. The second-order valence-corrected chi connectivity index (χ2v) is 7.70. The average Bonchev–Trinajstić information content (AvgIpc) is 2.97. The molecule has 0 atom stereocenters. The van der Waals surface area contributed by atoms with Crippen molar-refractivity contribution in [3.63, 3.8) is 0 Å². The topological polar surface area (TPSA) is 89.5 Å². The molecule has 0 saturated carbocycles. The van der Waals surface area contributed by atoms with E-state index in [1.54, 1.807) is 12.1 Å². The van der Waals surface area contributed by atoms with Gasteiger partial charge in [-0.3, -0.25) is 0 Å². The molecule has 0 bridgehead atoms. The number of fused-ring (bicyclic) bond motifs is 1. The van der Waals surface area contributed by atoms with Crippen molar-refractivity contribution in [2.45, 2.75) is 24.7 Å². The third kappa shape index (κ3) is 3.29. The Balaban J connectivity index is 1.63. The maximum atomic E-state index is 12.4. The quantitative estimate of drug-likeness (QED) is 0.796. The van der Waals surface area contributed by atoms with E-state index in [2.05, 4.69) is 26.6 Å². The molecule has 1 aromatic heterocycles. The first-order valence-corrected chi connectivity index (χ1v) is 9.09. The molecule has 0 unspecified atom stereocenters. The van der Waals surface area contributed by atoms with E-state index in [1.807, 2.05) is 0 Å². The average molecular weight is 325 g/mol. The Bertz CT molecular complexity index is 735. The Hall–Kier alpha value is -1.51. The summed E-state index contributed by atoms with van der Waals surface area (Å²) in [7, 11) is -3.59. The van der Waals surface area contributed by atoms with Crippen LogP contribution in [0.5, 0.6) is 0 Å². The minimum Gasteiger partial charge on any atom is -0.334 e. The monoisotopic (exact) mass is 325 g/mol. The molecule has 120 valence electrons. The molecule has 1 aromatic carbocycles. The fourth-order valence-electron chi connectivity index (χ4n) is 2.86. The highest BCUT2D eigenvalue weighted by molar-refractivity contribution is 7.89. The van der Waals surface area contributed by atoms with Gasteiger partial charge in [-0.15, -0.1) is 0 Å². The van der Waals surface area contributed by atoms with Gasteiger partial charge in [0.1, 0.15) is 10.4 Å². The molecule has 22 heavy (non-hydrogen) atoms. The van der Waals surface area contributed by atoms with Crippen molar-refractivity contribution in [3.8, 4) is 0 Å². The van der Waals surface area contributed by atoms with Gasteiger partial charge in [-0.1, -0.05) is 13.0 Å². The van der Waals surface area contributed by atoms with Crippen LogP contribution in [0.3, 0.4) is 0 Å². The number of rotatable bonds is 5. The summed E-state index contributed by atoms with van der Waals surface area (Å²) >= 11 is 0. The largest absolute Gasteiger partial charge is 0.334 e. The standard InChI is InChI=1S/C14H20N4O3S/c1-11-5-8-18(9-6-11)10-7-15-22(19,20)13-4-2-3-12-14(13)17-21-16-12/h2-4,11,15H,5-10H2,1H3/p+1. The third-order valence-corrected chi connectivity index (χ3v) is 5.78. The lowest BCUT2D eigenvalue weighted by Gasteiger charge is -2.27. The number of aromatic nitrogens is 2. The Kier molecular flexibility index (Phi) is 4.42. The maximum Gasteiger partial charge on any atom is 0.243 e. The number of likely N-dealkylation sites (tertiary alicyclic amines) is 1. The zero-order valence-electron chi connectivity index (χ0n) is 12.6. The zero-order chi connectivity index (χ0) is 15.6. The van der Waals surface area contributed by atoms with E-state index in [4.69, 9.17) is 0 Å². The predicted molar refractivity (Wildman–Crippen MR) is 81.0 cm³/mol. The highest BCUT2D eigenvalue weighted by Crippen LogP contribution is 2.19. The number of hydrogen-bond donors (Lipinski definition) is 2. The van der Waals surface area contributed by atoms with Crippen LogP contribution < -0.4 is 9.62 Å². The van der Waals surface area contributed by atoms with Crippen molar-refractivity contribution in [1.29, 1.82) is 0 Å². The van der Waals surface area contributed by atoms with Gasteiger partial charge < -0.3 is 4.90 Å². The lowest BCUT2D eigenvalue weighted by atomic mass is 9.99. The molecule has 2 heterocycles. The highest BCUT2D eigenvalue weighted by Gasteiger charge is 2.22. The van der Waals surface area contributed by atoms with Gasteiger partial charge in [-0.05, 0) is 41.2 Å². The van der Waals surface area contributed by atoms with Gasteiger partial charge in [0.25, 0.3) is 0 Å². The van der Waals surface area contributed by atoms with E-state index in [-0.39, 0.29) is 10.4 Å². The van der Waals surface area contributed by atoms with E-state index in [0.717, 1.165) is 25.6 Å². The fourth-order valence-corrected chi connectivity index (χ4v) is 4.04. The lowest BCUT2D eigenvalue weighted by molar-refractivity contribution is -0.904. The van der Waals surface area contributed by atoms with Crippen LogP contribution in [-0.2, 0) is 10.0 Å². The summed E-state index contributed by atoms with van der Waals surface area (Å²) in [5, 5.41) is 7.35. The molecule has 2 aromatic rings. The Morgan fingerprint density at radius 3 is 2.86 bits per heavy atom. The maximum absolute atomic E-state index is 12.4. The normalized spacial score (nSPS) is 23.0. The fraction of sp³-hybridized carbons (Fsp3) is 0.571. The Morgan fingerprint density at radius 2 is 2.09 bits per heavy atom. The van der Waals surface area contributed by atoms with Crippen molar-refractivity contribution in [1.82, 2.24) is 15.0 Å². The van der Waals surface area contributed by atoms with Gasteiger partial charge in [0.05, 0.1) is 26.2 Å². The molecule has 1 aliphatic rings. The number of quaternary nitrogens is 1. The van der Waals surface area contributed by atoms with Crippen molar-refractivity contribution in [2.75, 3.05) is 26.2 Å². The first kappa shape index (κ1) is 15.4. The summed E-state index contributed by atoms with van der Waals surface area (Å²) in [6, 6.07) is 4.83. The molecule has 1 saturated heterocycles. The van der Waals surface area contributed by atoms with Crippen LogP contribution in [0.4, 0.5) is 0 Å². The van der Waals surface area contributed by atoms with Crippen LogP contribution in [0.2, 0.25) is 0 Å². The summed E-state index contributed by atoms with van der Waals surface area (Å²) in [5.41, 5.74) is 0.715. The third-order valence-electron chi connectivity index (χ3n) is 4.29. The highest BCUT2D eigenvalue weighted by atomic mass is 32.2. The number of piperidine rings is 1. The Morgan fingerprint density at radius 1 is 1.32 bits per heavy atom. The molecule has 1 aliphatic heterocycles. The van der Waals surface area contributed by atoms with Gasteiger partial charge in [0, 0.05) is 0 Å². The zero-order valence-corrected chi connectivity index (χ0v) is 13.4. The van der Waals surface area contributed by atoms with E-state index in [9.17, 15) is 8.42 Å². The van der Waals surface area contributed by atoms with Gasteiger partial charge >= 0.3 is 0 Å². The predicted octanol–water partition coefficient (Wildman–Crippen LogP) is -0.184. The molecule has 1 fully saturated rings. The van der Waals surface area contributed by atoms with Crippen LogP contribution in [0.15, 0.2) is 27.7 Å². The minimum absolute atomic E-state index is 0.119. The minimum atomic E-state index is -3.59. The number of nitrogens with one attached hydrogen (secondary N) is 2. The van der Waals surface area contributed by atoms with E-state index >= 15 is 0 Å². The second-order valence-electron chi connectivity index (χ2n) is 5.97. The SMILES string of the molecule is CC1CC[NH+](CCNS(=O)(=O)c2cccc3nonc23)CC1. The second kappa shape index (κ2) is 6.31. The Labute approximate surface area is 129 Å². The van der Waals surface area contributed by atoms with Crippen LogP contribution in [0.1, 0.15) is 19.8 Å². The van der Waals surface area contributed by atoms with Crippen molar-refractivity contribution < 1.29 is 17.9 Å². The van der Waals surface area contributed by atoms with Gasteiger partial charge in [0.15, 0.2) is 5.52 Å². The molecule has 0 spiro atoms. The molecule has 0 aliphatic carbocycles. The number of benzene rings is 1. The van der Waals surface area contributed by atoms with Crippen LogP contribution in [-0.4, -0.2) is 44.9 Å². The van der Waals surface area contributed by atoms with E-state index in [1.165, 1.54) is 23.8 Å². The summed E-state index contributed by atoms with van der Waals surface area (Å²) in [6.07, 6.45) is 2.43. The number of hydrogen-bond acceptors (Lipinski definition) is 5. The van der Waals surface area contributed by atoms with Gasteiger partial charge in [0.2, 0.25) is 10.0 Å². The summed E-state index contributed by atoms with van der Waals surface area (Å²) in [4.78, 5) is 1.58. The molecular formula is C14H21N4O3S+. The van der Waals surface area contributed by atoms with Crippen LogP contribution in [0, 0.1) is 5.92 Å². The molecule has 0 amide bonds. The molecule has 3 rings (SSSR count). The van der Waals surface area contributed by atoms with E-state index < -0.39 is 10.0 Å². The van der Waals surface area contributed by atoms with Gasteiger partial charge in [-0.2, -0.15) is 0 Å². The summed E-state index contributed by atoms with van der Waals surface area (Å²) in [6.45, 7) is 5.73.